The molecule has 3 nitrogen and oxygen atoms in total. The maximum atomic E-state index is 11.2. The Morgan fingerprint density at radius 3 is 2.85 bits per heavy atom. The van der Waals surface area contributed by atoms with Gasteiger partial charge in [0.25, 0.3) is 0 Å². The van der Waals surface area contributed by atoms with Crippen LogP contribution in [0, 0.1) is 0 Å². The van der Waals surface area contributed by atoms with Crippen molar-refractivity contribution in [3.05, 3.63) is 11.1 Å². The molecular weight excluding hydrogens is 252 g/mol. The molecule has 3 N–H and O–H groups in total. The summed E-state index contributed by atoms with van der Waals surface area (Å²) in [6.45, 7) is 4.04. The van der Waals surface area contributed by atoms with Crippen LogP contribution in [0.2, 0.25) is 0 Å². The summed E-state index contributed by atoms with van der Waals surface area (Å²) in [5, 5.41) is 2.67. The first kappa shape index (κ1) is 13.0. The molecule has 1 atom stereocenters. The highest BCUT2D eigenvalue weighted by Crippen LogP contribution is 2.00. The van der Waals surface area contributed by atoms with E-state index >= 15 is 0 Å². The van der Waals surface area contributed by atoms with Gasteiger partial charge in [0.2, 0.25) is 5.91 Å². The molecule has 0 aromatic carbocycles. The predicted octanol–water partition coefficient (Wildman–Crippen LogP) is 1.09. The summed E-state index contributed by atoms with van der Waals surface area (Å²) in [5.41, 5.74) is 5.62. The number of amides is 1. The van der Waals surface area contributed by atoms with Gasteiger partial charge in [0.05, 0.1) is 6.04 Å². The van der Waals surface area contributed by atoms with Gasteiger partial charge in [-0.15, -0.1) is 0 Å². The minimum Gasteiger partial charge on any atom is -0.350 e. The van der Waals surface area contributed by atoms with Gasteiger partial charge in [-0.05, 0) is 18.4 Å². The van der Waals surface area contributed by atoms with Crippen molar-refractivity contribution in [2.24, 2.45) is 5.73 Å². The molecule has 0 spiro atoms. The first-order chi connectivity index (χ1) is 6.07. The Morgan fingerprint density at radius 2 is 2.38 bits per heavy atom. The van der Waals surface area contributed by atoms with Crippen molar-refractivity contribution in [1.82, 2.24) is 5.32 Å². The molecule has 0 bridgehead atoms. The van der Waals surface area contributed by atoms with Crippen LogP contribution in [0.5, 0.6) is 0 Å². The highest BCUT2D eigenvalue weighted by Gasteiger charge is 2.11. The number of halogens is 1. The number of nitrogens with one attached hydrogen (secondary N) is 1. The topological polar surface area (TPSA) is 55.1 Å². The van der Waals surface area contributed by atoms with Crippen molar-refractivity contribution in [2.75, 3.05) is 18.6 Å². The van der Waals surface area contributed by atoms with Crippen molar-refractivity contribution in [3.63, 3.8) is 0 Å². The lowest BCUT2D eigenvalue weighted by molar-refractivity contribution is -0.122. The van der Waals surface area contributed by atoms with Crippen molar-refractivity contribution < 1.29 is 4.79 Å². The van der Waals surface area contributed by atoms with E-state index in [1.165, 1.54) is 0 Å². The summed E-state index contributed by atoms with van der Waals surface area (Å²) in [6, 6.07) is -0.403. The zero-order chi connectivity index (χ0) is 10.3. The van der Waals surface area contributed by atoms with Gasteiger partial charge < -0.3 is 11.1 Å². The summed E-state index contributed by atoms with van der Waals surface area (Å²) >= 11 is 4.84. The lowest BCUT2D eigenvalue weighted by atomic mass is 10.2. The fourth-order valence-electron chi connectivity index (χ4n) is 0.690. The fraction of sp³-hybridized carbons (Fsp3) is 0.625. The summed E-state index contributed by atoms with van der Waals surface area (Å²) in [7, 11) is 0. The number of thioether (sulfide) groups is 1. The second kappa shape index (κ2) is 7.41. The fourth-order valence-corrected chi connectivity index (χ4v) is 1.32. The molecule has 76 valence electrons. The van der Waals surface area contributed by atoms with E-state index in [4.69, 9.17) is 5.73 Å². The largest absolute Gasteiger partial charge is 0.350 e. The van der Waals surface area contributed by atoms with E-state index in [1.807, 2.05) is 6.26 Å². The van der Waals surface area contributed by atoms with E-state index in [-0.39, 0.29) is 5.91 Å². The zero-order valence-corrected chi connectivity index (χ0v) is 10.1. The summed E-state index contributed by atoms with van der Waals surface area (Å²) in [4.78, 5) is 11.2. The van der Waals surface area contributed by atoms with Gasteiger partial charge >= 0.3 is 0 Å². The number of carbonyl (C=O) groups excluding carboxylic acids is 1. The molecule has 0 aliphatic heterocycles. The van der Waals surface area contributed by atoms with Gasteiger partial charge in [0.15, 0.2) is 0 Å². The first-order valence-corrected chi connectivity index (χ1v) is 6.12. The Kier molecular flexibility index (Phi) is 7.41. The van der Waals surface area contributed by atoms with Crippen LogP contribution in [-0.4, -0.2) is 30.5 Å². The lowest BCUT2D eigenvalue weighted by Crippen LogP contribution is -2.41. The Balaban J connectivity index is 3.63. The van der Waals surface area contributed by atoms with Crippen LogP contribution in [0.25, 0.3) is 0 Å². The SMILES string of the molecule is C=C(Br)CNC(=O)[C@@H](N)CCSC. The van der Waals surface area contributed by atoms with E-state index in [0.29, 0.717) is 13.0 Å². The zero-order valence-electron chi connectivity index (χ0n) is 7.68. The maximum Gasteiger partial charge on any atom is 0.237 e. The number of carbonyl (C=O) groups is 1. The molecule has 0 aliphatic carbocycles. The lowest BCUT2D eigenvalue weighted by Gasteiger charge is -2.10. The Morgan fingerprint density at radius 1 is 1.77 bits per heavy atom. The average molecular weight is 267 g/mol. The number of rotatable bonds is 6. The van der Waals surface area contributed by atoms with E-state index in [9.17, 15) is 4.79 Å². The summed E-state index contributed by atoms with van der Waals surface area (Å²) in [6.07, 6.45) is 2.70. The second-order valence-corrected chi connectivity index (χ2v) is 4.73. The third-order valence-corrected chi connectivity index (χ3v) is 2.35. The molecule has 0 fully saturated rings. The molecule has 13 heavy (non-hydrogen) atoms. The van der Waals surface area contributed by atoms with Gasteiger partial charge in [0, 0.05) is 11.0 Å². The normalized spacial score (nSPS) is 12.2. The second-order valence-electron chi connectivity index (χ2n) is 2.62. The smallest absolute Gasteiger partial charge is 0.237 e. The van der Waals surface area contributed by atoms with Crippen LogP contribution >= 0.6 is 27.7 Å². The van der Waals surface area contributed by atoms with Gasteiger partial charge in [-0.1, -0.05) is 22.5 Å². The average Bonchev–Trinajstić information content (AvgIpc) is 2.10. The molecule has 0 heterocycles. The highest BCUT2D eigenvalue weighted by atomic mass is 79.9. The minimum atomic E-state index is -0.403. The molecule has 0 aliphatic rings. The summed E-state index contributed by atoms with van der Waals surface area (Å²) < 4.78 is 0.748. The number of hydrogen-bond acceptors (Lipinski definition) is 3. The Bertz CT molecular complexity index is 187. The Labute approximate surface area is 91.6 Å². The standard InChI is InChI=1S/C8H15BrN2OS/c1-6(9)5-11-8(12)7(10)3-4-13-2/h7H,1,3-5,10H2,2H3,(H,11,12)/t7-/m0/s1. The van der Waals surface area contributed by atoms with Crippen molar-refractivity contribution in [1.29, 1.82) is 0 Å². The van der Waals surface area contributed by atoms with E-state index in [2.05, 4.69) is 27.8 Å². The molecule has 0 radical (unpaired) electrons. The molecule has 5 heteroatoms. The van der Waals surface area contributed by atoms with Crippen molar-refractivity contribution >= 4 is 33.6 Å². The molecule has 0 rings (SSSR count). The van der Waals surface area contributed by atoms with Crippen LogP contribution in [0.3, 0.4) is 0 Å². The van der Waals surface area contributed by atoms with Crippen LogP contribution in [-0.2, 0) is 4.79 Å². The quantitative estimate of drug-likeness (QED) is 0.757. The number of hydrogen-bond donors (Lipinski definition) is 2. The first-order valence-electron chi connectivity index (χ1n) is 3.93. The minimum absolute atomic E-state index is 0.116. The molecule has 1 amide bonds. The monoisotopic (exact) mass is 266 g/mol. The van der Waals surface area contributed by atoms with E-state index < -0.39 is 6.04 Å². The van der Waals surface area contributed by atoms with Crippen molar-refractivity contribution in [3.8, 4) is 0 Å². The van der Waals surface area contributed by atoms with E-state index in [0.717, 1.165) is 10.2 Å². The van der Waals surface area contributed by atoms with Gasteiger partial charge in [0.1, 0.15) is 0 Å². The van der Waals surface area contributed by atoms with Crippen molar-refractivity contribution in [2.45, 2.75) is 12.5 Å². The van der Waals surface area contributed by atoms with E-state index in [1.54, 1.807) is 11.8 Å². The predicted molar refractivity (Wildman–Crippen MR) is 62.1 cm³/mol. The molecule has 0 saturated heterocycles. The molecule has 0 unspecified atom stereocenters. The number of nitrogens with two attached hydrogens (primary N) is 1. The van der Waals surface area contributed by atoms with Gasteiger partial charge in [-0.2, -0.15) is 11.8 Å². The molecule has 0 aromatic rings. The molecule has 0 saturated carbocycles. The van der Waals surface area contributed by atoms with Gasteiger partial charge in [-0.25, -0.2) is 0 Å². The third-order valence-electron chi connectivity index (χ3n) is 1.42. The van der Waals surface area contributed by atoms with Crippen LogP contribution < -0.4 is 11.1 Å². The Hall–Kier alpha value is -0.0000000000000000555. The maximum absolute atomic E-state index is 11.2. The van der Waals surface area contributed by atoms with Crippen LogP contribution in [0.15, 0.2) is 11.1 Å². The molecular formula is C8H15BrN2OS. The molecule has 0 aromatic heterocycles. The van der Waals surface area contributed by atoms with Crippen LogP contribution in [0.4, 0.5) is 0 Å². The van der Waals surface area contributed by atoms with Gasteiger partial charge in [-0.3, -0.25) is 4.79 Å². The van der Waals surface area contributed by atoms with Crippen LogP contribution in [0.1, 0.15) is 6.42 Å². The highest BCUT2D eigenvalue weighted by molar-refractivity contribution is 9.11. The third kappa shape index (κ3) is 7.10. The summed E-state index contributed by atoms with van der Waals surface area (Å²) in [5.74, 6) is 0.791.